The number of nitrogens with zero attached hydrogens (tertiary/aromatic N) is 3. The molecule has 6 aliphatic carbocycles. The van der Waals surface area contributed by atoms with Gasteiger partial charge in [0, 0.05) is 101 Å². The van der Waals surface area contributed by atoms with Crippen LogP contribution in [0.5, 0.6) is 17.6 Å². The van der Waals surface area contributed by atoms with E-state index in [9.17, 15) is 50.3 Å². The summed E-state index contributed by atoms with van der Waals surface area (Å²) in [6, 6.07) is 2.92. The molecule has 21 heteroatoms. The summed E-state index contributed by atoms with van der Waals surface area (Å²) in [5, 5.41) is 3.56. The molecular weight excluding hydrogens is 1190 g/mol. The van der Waals surface area contributed by atoms with E-state index in [1.54, 1.807) is 24.0 Å². The Bertz CT molecular complexity index is 2910. The van der Waals surface area contributed by atoms with Crippen molar-refractivity contribution in [3.8, 4) is 17.6 Å². The van der Waals surface area contributed by atoms with Crippen LogP contribution in [0.2, 0.25) is 0 Å². The molecule has 6 fully saturated rings. The molecule has 2 saturated heterocycles. The summed E-state index contributed by atoms with van der Waals surface area (Å²) in [6.07, 6.45) is 1.74. The van der Waals surface area contributed by atoms with Gasteiger partial charge in [-0.3, -0.25) is 24.1 Å². The fraction of sp³-hybridized carbons (Fsp3) is 0.683. The summed E-state index contributed by atoms with van der Waals surface area (Å²) in [5.74, 6) is -0.220. The van der Waals surface area contributed by atoms with Crippen LogP contribution in [0, 0.1) is 75.9 Å². The third-order valence-electron chi connectivity index (χ3n) is 20.2. The highest BCUT2D eigenvalue weighted by atomic mass is 79.9. The summed E-state index contributed by atoms with van der Waals surface area (Å²) < 4.78 is 98.8. The van der Waals surface area contributed by atoms with Gasteiger partial charge in [-0.2, -0.15) is 4.98 Å². The number of piperidine rings is 2. The van der Waals surface area contributed by atoms with Gasteiger partial charge in [-0.1, -0.05) is 35.1 Å². The highest BCUT2D eigenvalue weighted by Gasteiger charge is 2.63. The summed E-state index contributed by atoms with van der Waals surface area (Å²) in [6.45, 7) is 17.0. The zero-order valence-corrected chi connectivity index (χ0v) is 50.0. The molecule has 0 aromatic carbocycles. The molecule has 2 aromatic heterocycles. The summed E-state index contributed by atoms with van der Waals surface area (Å²) >= 11 is 6.60. The molecule has 4 saturated carbocycles. The molecule has 446 valence electrons. The third-order valence-corrected chi connectivity index (χ3v) is 21.6. The number of Topliss-reactive ketones (excluding diaryl/α,β-unsaturated/α-hetero) is 2. The second kappa shape index (κ2) is 22.5. The molecule has 0 radical (unpaired) electrons. The van der Waals surface area contributed by atoms with Crippen molar-refractivity contribution in [1.82, 2.24) is 20.2 Å². The first-order valence-corrected chi connectivity index (χ1v) is 29.5. The number of carbonyl (C=O) groups excluding carboxylic acids is 5. The van der Waals surface area contributed by atoms with Gasteiger partial charge >= 0.3 is 18.8 Å². The Kier molecular flexibility index (Phi) is 17.3. The molecule has 0 bridgehead atoms. The number of ether oxygens (including phenoxy) is 4. The number of likely N-dealkylation sites (tertiary alicyclic amines) is 1. The molecule has 13 nitrogen and oxygen atoms in total. The Balaban J connectivity index is 0.000000212. The van der Waals surface area contributed by atoms with Crippen LogP contribution in [0.1, 0.15) is 150 Å². The summed E-state index contributed by atoms with van der Waals surface area (Å²) in [5.41, 5.74) is 0.602. The second-order valence-corrected chi connectivity index (χ2v) is 27.5. The lowest BCUT2D eigenvalue weighted by Gasteiger charge is -2.60. The van der Waals surface area contributed by atoms with Crippen LogP contribution in [0.4, 0.5) is 31.1 Å². The molecule has 2 aliphatic heterocycles. The molecule has 1 amide bonds. The average Bonchev–Trinajstić information content (AvgIpc) is 3.68. The minimum absolute atomic E-state index is 0. The SMILES string of the molecule is C.COc1nc(OC(F)(F)F)c(CC(=O)C2CCC3C4CNC5=CC(=O)CC[C@]5(C)C4CC[C@]23C)cc1Br.Cc1nc(OC(F)(F)F)c(CC(=O)C2CCC3C4CN(C(=O)OC(C)(C)C)C5=CC(=O)CC[C@]5(C)C4CC[C@]23C)cc1Br. The van der Waals surface area contributed by atoms with E-state index >= 15 is 0 Å². The van der Waals surface area contributed by atoms with Gasteiger partial charge in [0.25, 0.3) is 0 Å². The number of ketones is 4. The van der Waals surface area contributed by atoms with Gasteiger partial charge in [0.05, 0.1) is 17.3 Å². The zero-order chi connectivity index (χ0) is 58.4. The molecule has 81 heavy (non-hydrogen) atoms. The summed E-state index contributed by atoms with van der Waals surface area (Å²) in [4.78, 5) is 75.2. The van der Waals surface area contributed by atoms with E-state index in [1.165, 1.54) is 19.2 Å². The number of amides is 1. The maximum atomic E-state index is 13.9. The van der Waals surface area contributed by atoms with Gasteiger partial charge in [-0.15, -0.1) is 26.3 Å². The average molecular weight is 1270 g/mol. The van der Waals surface area contributed by atoms with Crippen molar-refractivity contribution >= 4 is 61.1 Å². The minimum atomic E-state index is -4.94. The highest BCUT2D eigenvalue weighted by molar-refractivity contribution is 9.10. The number of methoxy groups -OCH3 is 1. The predicted molar refractivity (Wildman–Crippen MR) is 296 cm³/mol. The molecule has 1 N–H and O–H groups in total. The Morgan fingerprint density at radius 3 is 1.70 bits per heavy atom. The van der Waals surface area contributed by atoms with Crippen LogP contribution in [0.3, 0.4) is 0 Å². The van der Waals surface area contributed by atoms with E-state index in [2.05, 4.69) is 84.3 Å². The highest BCUT2D eigenvalue weighted by Crippen LogP contribution is 2.67. The Labute approximate surface area is 487 Å². The molecule has 8 aliphatic rings. The lowest BCUT2D eigenvalue weighted by Crippen LogP contribution is -2.59. The number of alkyl halides is 6. The maximum absolute atomic E-state index is 13.9. The summed E-state index contributed by atoms with van der Waals surface area (Å²) in [7, 11) is 1.30. The van der Waals surface area contributed by atoms with E-state index in [0.29, 0.717) is 64.6 Å². The first kappa shape index (κ1) is 62.5. The molecule has 4 heterocycles. The molecule has 12 atom stereocenters. The number of allylic oxidation sites excluding steroid dienone is 4. The van der Waals surface area contributed by atoms with Crippen LogP contribution >= 0.6 is 31.9 Å². The fourth-order valence-corrected chi connectivity index (χ4v) is 17.4. The van der Waals surface area contributed by atoms with E-state index in [0.717, 1.165) is 69.3 Å². The van der Waals surface area contributed by atoms with Crippen LogP contribution in [-0.2, 0) is 36.8 Å². The Hall–Kier alpha value is -4.53. The number of rotatable bonds is 9. The number of carbonyl (C=O) groups is 5. The van der Waals surface area contributed by atoms with E-state index < -0.39 is 36.2 Å². The van der Waals surface area contributed by atoms with Gasteiger partial charge in [0.15, 0.2) is 11.6 Å². The number of halogens is 8. The minimum Gasteiger partial charge on any atom is -0.480 e. The van der Waals surface area contributed by atoms with Gasteiger partial charge in [-0.05, 0) is 182 Å². The monoisotopic (exact) mass is 1270 g/mol. The largest absolute Gasteiger partial charge is 0.574 e. The number of hydrogen-bond acceptors (Lipinski definition) is 12. The normalized spacial score (nSPS) is 33.2. The van der Waals surface area contributed by atoms with Crippen LogP contribution in [0.25, 0.3) is 0 Å². The van der Waals surface area contributed by atoms with E-state index in [-0.39, 0.29) is 112 Å². The van der Waals surface area contributed by atoms with Crippen molar-refractivity contribution < 1.29 is 69.3 Å². The lowest BCUT2D eigenvalue weighted by molar-refractivity contribution is -0.277. The van der Waals surface area contributed by atoms with Gasteiger partial charge in [-0.25, -0.2) is 9.78 Å². The van der Waals surface area contributed by atoms with Gasteiger partial charge in [0.2, 0.25) is 17.6 Å². The van der Waals surface area contributed by atoms with Crippen molar-refractivity contribution in [2.45, 2.75) is 171 Å². The standard InChI is InChI=1S/C32H40BrF3N2O5.C27H32BrF3N2O4.CH4/c1-17-24(33)13-18(27(37-17)42-32(34,35)36)14-25(40)23-8-7-21-20-16-38(28(41)43-29(2,3)4)26-15-19(39)9-11-31(26,6)22(20)10-12-30(21,23)5;1-25-9-7-18-16(13-32-22-12-15(34)6-8-26(18,22)2)17(25)4-5-19(25)21(35)11-14-10-20(28)24(36-3)33-23(14)37-27(29,30)31;/h13,15,20-23H,7-12,14,16H2,1-6H3;10,12,16-19,32H,4-9,11,13H2,1-3H3;1H4/t20?,21?,22?,23?,30-,31+;16?,17?,18?,19?,25-,26+;/m00./s1. The number of pyridine rings is 2. The smallest absolute Gasteiger partial charge is 0.480 e. The van der Waals surface area contributed by atoms with Crippen molar-refractivity contribution in [2.24, 2.45) is 69.0 Å². The molecule has 2 aromatic rings. The van der Waals surface area contributed by atoms with E-state index in [1.807, 2.05) is 20.8 Å². The van der Waals surface area contributed by atoms with Crippen molar-refractivity contribution in [1.29, 1.82) is 0 Å². The Morgan fingerprint density at radius 2 is 1.17 bits per heavy atom. The van der Waals surface area contributed by atoms with Crippen LogP contribution in [-0.4, -0.2) is 82.6 Å². The van der Waals surface area contributed by atoms with Crippen molar-refractivity contribution in [3.63, 3.8) is 0 Å². The van der Waals surface area contributed by atoms with Gasteiger partial charge in [0.1, 0.15) is 17.2 Å². The molecule has 8 unspecified atom stereocenters. The van der Waals surface area contributed by atoms with E-state index in [4.69, 9.17) is 9.47 Å². The Morgan fingerprint density at radius 1 is 0.679 bits per heavy atom. The quantitative estimate of drug-likeness (QED) is 0.237. The first-order chi connectivity index (χ1) is 37.2. The van der Waals surface area contributed by atoms with Crippen molar-refractivity contribution in [3.05, 3.63) is 61.4 Å². The topological polar surface area (TPSA) is 163 Å². The molecule has 10 rings (SSSR count). The van der Waals surface area contributed by atoms with Crippen LogP contribution in [0.15, 0.2) is 44.6 Å². The van der Waals surface area contributed by atoms with Crippen molar-refractivity contribution in [2.75, 3.05) is 20.2 Å². The number of hydrogen-bond donors (Lipinski definition) is 1. The zero-order valence-electron chi connectivity index (χ0n) is 46.8. The number of aromatic nitrogens is 2. The lowest BCUT2D eigenvalue weighted by atomic mass is 9.49. The fourth-order valence-electron chi connectivity index (χ4n) is 16.5. The third kappa shape index (κ3) is 12.1. The van der Waals surface area contributed by atoms with Crippen LogP contribution < -0.4 is 19.5 Å². The number of nitrogens with one attached hydrogen (secondary N) is 1. The molecule has 0 spiro atoms. The van der Waals surface area contributed by atoms with Gasteiger partial charge < -0.3 is 24.3 Å². The maximum Gasteiger partial charge on any atom is 0.574 e. The predicted octanol–water partition coefficient (Wildman–Crippen LogP) is 14.1. The molecular formula is C60H76Br2F6N4O9. The number of aryl methyl sites for hydroxylation is 1. The second-order valence-electron chi connectivity index (χ2n) is 25.8. The number of fused-ring (bicyclic) bond motifs is 10. The first-order valence-electron chi connectivity index (χ1n) is 27.9.